The lowest BCUT2D eigenvalue weighted by atomic mass is 10.2. The summed E-state index contributed by atoms with van der Waals surface area (Å²) in [6, 6.07) is 16.0. The average molecular weight is 351 g/mol. The van der Waals surface area contributed by atoms with Gasteiger partial charge in [0.15, 0.2) is 6.10 Å². The molecule has 0 aliphatic heterocycles. The fourth-order valence-corrected chi connectivity index (χ4v) is 2.33. The van der Waals surface area contributed by atoms with Gasteiger partial charge in [0, 0.05) is 12.7 Å². The number of carbonyl (C=O) groups excluding carboxylic acids is 2. The number of anilines is 1. The number of nitrogens with zero attached hydrogens (tertiary/aromatic N) is 2. The maximum absolute atomic E-state index is 12.4. The van der Waals surface area contributed by atoms with Crippen molar-refractivity contribution in [3.05, 3.63) is 59.7 Å². The number of hydrogen-bond acceptors (Lipinski definition) is 4. The number of benzene rings is 2. The van der Waals surface area contributed by atoms with Crippen LogP contribution in [-0.2, 0) is 9.59 Å². The quantitative estimate of drug-likeness (QED) is 0.867. The summed E-state index contributed by atoms with van der Waals surface area (Å²) in [7, 11) is 1.54. The molecule has 0 saturated carbocycles. The Bertz CT molecular complexity index is 825. The van der Waals surface area contributed by atoms with Gasteiger partial charge in [-0.25, -0.2) is 0 Å². The summed E-state index contributed by atoms with van der Waals surface area (Å²) in [4.78, 5) is 25.8. The number of rotatable bonds is 6. The van der Waals surface area contributed by atoms with Crippen LogP contribution >= 0.6 is 0 Å². The molecule has 1 N–H and O–H groups in total. The lowest BCUT2D eigenvalue weighted by molar-refractivity contribution is -0.139. The summed E-state index contributed by atoms with van der Waals surface area (Å²) < 4.78 is 5.58. The summed E-state index contributed by atoms with van der Waals surface area (Å²) in [5.41, 5.74) is 2.23. The number of carbonyl (C=O) groups is 2. The molecule has 1 unspecified atom stereocenters. The first kappa shape index (κ1) is 19.0. The molecule has 0 spiro atoms. The number of hydrogen-bond donors (Lipinski definition) is 1. The van der Waals surface area contributed by atoms with Crippen molar-refractivity contribution in [1.82, 2.24) is 4.90 Å². The summed E-state index contributed by atoms with van der Waals surface area (Å²) in [6.45, 7) is 3.49. The van der Waals surface area contributed by atoms with E-state index in [1.54, 1.807) is 38.2 Å². The zero-order valence-electron chi connectivity index (χ0n) is 15.0. The second-order valence-corrected chi connectivity index (χ2v) is 6.01. The molecule has 0 aromatic heterocycles. The lowest BCUT2D eigenvalue weighted by Gasteiger charge is -2.21. The van der Waals surface area contributed by atoms with Gasteiger partial charge in [-0.15, -0.1) is 0 Å². The largest absolute Gasteiger partial charge is 0.481 e. The third kappa shape index (κ3) is 5.35. The summed E-state index contributed by atoms with van der Waals surface area (Å²) in [5.74, 6) is -0.183. The maximum atomic E-state index is 12.4. The Balaban J connectivity index is 1.90. The Morgan fingerprint density at radius 3 is 2.58 bits per heavy atom. The van der Waals surface area contributed by atoms with Gasteiger partial charge < -0.3 is 15.0 Å². The van der Waals surface area contributed by atoms with Gasteiger partial charge in [-0.05, 0) is 44.2 Å². The van der Waals surface area contributed by atoms with Crippen LogP contribution in [0.1, 0.15) is 18.1 Å². The highest BCUT2D eigenvalue weighted by molar-refractivity contribution is 5.95. The first-order chi connectivity index (χ1) is 12.4. The number of ether oxygens (including phenoxy) is 1. The Kier molecular flexibility index (Phi) is 6.34. The predicted octanol–water partition coefficient (Wildman–Crippen LogP) is 2.73. The Labute approximate surface area is 153 Å². The fraction of sp³-hybridized carbons (Fsp3) is 0.250. The molecule has 6 nitrogen and oxygen atoms in total. The zero-order valence-corrected chi connectivity index (χ0v) is 15.0. The van der Waals surface area contributed by atoms with Crippen molar-refractivity contribution in [2.24, 2.45) is 0 Å². The molecule has 0 radical (unpaired) electrons. The normalized spacial score (nSPS) is 11.2. The monoisotopic (exact) mass is 351 g/mol. The molecule has 0 aliphatic carbocycles. The van der Waals surface area contributed by atoms with E-state index in [0.29, 0.717) is 17.0 Å². The van der Waals surface area contributed by atoms with Gasteiger partial charge in [-0.3, -0.25) is 9.59 Å². The minimum atomic E-state index is -0.777. The molecule has 0 bridgehead atoms. The number of amides is 2. The summed E-state index contributed by atoms with van der Waals surface area (Å²) in [6.07, 6.45) is -0.777. The molecule has 26 heavy (non-hydrogen) atoms. The molecule has 6 heteroatoms. The van der Waals surface area contributed by atoms with Crippen molar-refractivity contribution >= 4 is 17.5 Å². The van der Waals surface area contributed by atoms with Gasteiger partial charge in [-0.1, -0.05) is 23.8 Å². The summed E-state index contributed by atoms with van der Waals surface area (Å²) in [5, 5.41) is 11.7. The van der Waals surface area contributed by atoms with Gasteiger partial charge >= 0.3 is 0 Å². The molecule has 2 amide bonds. The Morgan fingerprint density at radius 1 is 1.23 bits per heavy atom. The maximum Gasteiger partial charge on any atom is 0.263 e. The number of aryl methyl sites for hydroxylation is 1. The van der Waals surface area contributed by atoms with Crippen LogP contribution in [0.15, 0.2) is 48.5 Å². The predicted molar refractivity (Wildman–Crippen MR) is 98.7 cm³/mol. The highest BCUT2D eigenvalue weighted by atomic mass is 16.5. The molecule has 0 saturated heterocycles. The lowest BCUT2D eigenvalue weighted by Crippen LogP contribution is -2.42. The van der Waals surface area contributed by atoms with Gasteiger partial charge in [0.2, 0.25) is 5.91 Å². The average Bonchev–Trinajstić information content (AvgIpc) is 2.63. The Morgan fingerprint density at radius 2 is 1.92 bits per heavy atom. The molecule has 2 rings (SSSR count). The van der Waals surface area contributed by atoms with Crippen molar-refractivity contribution in [3.8, 4) is 11.8 Å². The topological polar surface area (TPSA) is 82.4 Å². The van der Waals surface area contributed by atoms with Crippen molar-refractivity contribution in [1.29, 1.82) is 5.26 Å². The standard InChI is InChI=1S/C20H21N3O3/c1-14-7-9-17(10-8-14)22-19(24)13-23(3)20(25)15(2)26-18-6-4-5-16(11-18)12-21/h4-11,15H,13H2,1-3H3,(H,22,24). The molecule has 0 aliphatic rings. The third-order valence-electron chi connectivity index (χ3n) is 3.72. The van der Waals surface area contributed by atoms with E-state index < -0.39 is 6.10 Å². The minimum absolute atomic E-state index is 0.0847. The fourth-order valence-electron chi connectivity index (χ4n) is 2.33. The molecule has 2 aromatic carbocycles. The van der Waals surface area contributed by atoms with Gasteiger partial charge in [0.05, 0.1) is 18.2 Å². The van der Waals surface area contributed by atoms with E-state index in [2.05, 4.69) is 5.32 Å². The van der Waals surface area contributed by atoms with Gasteiger partial charge in [-0.2, -0.15) is 5.26 Å². The smallest absolute Gasteiger partial charge is 0.263 e. The molecular formula is C20H21N3O3. The van der Waals surface area contributed by atoms with Crippen LogP contribution in [0.5, 0.6) is 5.75 Å². The summed E-state index contributed by atoms with van der Waals surface area (Å²) >= 11 is 0. The van der Waals surface area contributed by atoms with E-state index in [1.807, 2.05) is 37.3 Å². The Hall–Kier alpha value is -3.33. The molecule has 1 atom stereocenters. The second-order valence-electron chi connectivity index (χ2n) is 6.01. The van der Waals surface area contributed by atoms with Crippen molar-refractivity contribution in [2.75, 3.05) is 18.9 Å². The highest BCUT2D eigenvalue weighted by Crippen LogP contribution is 2.15. The van der Waals surface area contributed by atoms with Crippen molar-refractivity contribution in [3.63, 3.8) is 0 Å². The molecule has 2 aromatic rings. The highest BCUT2D eigenvalue weighted by Gasteiger charge is 2.21. The van der Waals surface area contributed by atoms with E-state index in [0.717, 1.165) is 5.56 Å². The van der Waals surface area contributed by atoms with E-state index in [-0.39, 0.29) is 18.4 Å². The van der Waals surface area contributed by atoms with Crippen LogP contribution < -0.4 is 10.1 Å². The molecule has 0 heterocycles. The van der Waals surface area contributed by atoms with Crippen molar-refractivity contribution in [2.45, 2.75) is 20.0 Å². The molecule has 134 valence electrons. The SMILES string of the molecule is Cc1ccc(NC(=O)CN(C)C(=O)C(C)Oc2cccc(C#N)c2)cc1. The van der Waals surface area contributed by atoms with Crippen LogP contribution in [0.4, 0.5) is 5.69 Å². The molecular weight excluding hydrogens is 330 g/mol. The van der Waals surface area contributed by atoms with Crippen LogP contribution in [-0.4, -0.2) is 36.4 Å². The van der Waals surface area contributed by atoms with Crippen molar-refractivity contribution < 1.29 is 14.3 Å². The zero-order chi connectivity index (χ0) is 19.1. The van der Waals surface area contributed by atoms with Crippen LogP contribution in [0.25, 0.3) is 0 Å². The van der Waals surface area contributed by atoms with Gasteiger partial charge in [0.1, 0.15) is 5.75 Å². The van der Waals surface area contributed by atoms with E-state index in [4.69, 9.17) is 10.00 Å². The van der Waals surface area contributed by atoms with E-state index in [1.165, 1.54) is 4.90 Å². The van der Waals surface area contributed by atoms with Crippen LogP contribution in [0, 0.1) is 18.3 Å². The van der Waals surface area contributed by atoms with E-state index in [9.17, 15) is 9.59 Å². The first-order valence-electron chi connectivity index (χ1n) is 8.17. The van der Waals surface area contributed by atoms with Gasteiger partial charge in [0.25, 0.3) is 5.91 Å². The van der Waals surface area contributed by atoms with E-state index >= 15 is 0 Å². The first-order valence-corrected chi connectivity index (χ1v) is 8.17. The number of nitrogens with one attached hydrogen (secondary N) is 1. The third-order valence-corrected chi connectivity index (χ3v) is 3.72. The molecule has 0 fully saturated rings. The number of likely N-dealkylation sites (N-methyl/N-ethyl adjacent to an activating group) is 1. The van der Waals surface area contributed by atoms with Crippen LogP contribution in [0.2, 0.25) is 0 Å². The number of nitriles is 1. The van der Waals surface area contributed by atoms with Crippen LogP contribution in [0.3, 0.4) is 0 Å². The second kappa shape index (κ2) is 8.67. The minimum Gasteiger partial charge on any atom is -0.481 e.